The van der Waals surface area contributed by atoms with Crippen LogP contribution in [0.1, 0.15) is 48.1 Å². The highest BCUT2D eigenvalue weighted by atomic mass is 15.1. The molecule has 106 valence electrons. The van der Waals surface area contributed by atoms with Crippen LogP contribution in [-0.4, -0.2) is 16.1 Å². The van der Waals surface area contributed by atoms with Crippen molar-refractivity contribution in [1.29, 1.82) is 0 Å². The number of hydrogen-bond donors (Lipinski definition) is 1. The highest BCUT2D eigenvalue weighted by Crippen LogP contribution is 2.27. The Morgan fingerprint density at radius 3 is 2.50 bits per heavy atom. The molecule has 1 aliphatic heterocycles. The number of aryl methyl sites for hydroxylation is 2. The molecule has 0 amide bonds. The molecule has 0 unspecified atom stereocenters. The highest BCUT2D eigenvalue weighted by molar-refractivity contribution is 5.44. The number of benzene rings is 1. The Morgan fingerprint density at radius 1 is 1.15 bits per heavy atom. The summed E-state index contributed by atoms with van der Waals surface area (Å²) in [4.78, 5) is 4.89. The summed E-state index contributed by atoms with van der Waals surface area (Å²) in [5.74, 6) is 1.62. The molecule has 3 nitrogen and oxygen atoms in total. The molecule has 20 heavy (non-hydrogen) atoms. The van der Waals surface area contributed by atoms with Gasteiger partial charge in [0.25, 0.3) is 0 Å². The lowest BCUT2D eigenvalue weighted by atomic mass is 10.1. The molecular formula is C17H23N3. The zero-order chi connectivity index (χ0) is 14.3. The van der Waals surface area contributed by atoms with Crippen LogP contribution >= 0.6 is 0 Å². The van der Waals surface area contributed by atoms with E-state index in [0.717, 1.165) is 19.5 Å². The normalized spacial score (nSPS) is 14.7. The summed E-state index contributed by atoms with van der Waals surface area (Å²) < 4.78 is 2.39. The maximum atomic E-state index is 4.89. The second-order valence-electron chi connectivity index (χ2n) is 6.13. The zero-order valence-electron chi connectivity index (χ0n) is 12.8. The van der Waals surface area contributed by atoms with E-state index in [4.69, 9.17) is 4.98 Å². The Morgan fingerprint density at radius 2 is 1.85 bits per heavy atom. The van der Waals surface area contributed by atoms with E-state index in [-0.39, 0.29) is 0 Å². The lowest BCUT2D eigenvalue weighted by molar-refractivity contribution is 0.619. The van der Waals surface area contributed by atoms with Crippen LogP contribution in [-0.2, 0) is 13.0 Å². The van der Waals surface area contributed by atoms with E-state index < -0.39 is 0 Å². The molecule has 0 spiro atoms. The van der Waals surface area contributed by atoms with Gasteiger partial charge in [-0.1, -0.05) is 19.9 Å². The van der Waals surface area contributed by atoms with Crippen molar-refractivity contribution in [2.45, 2.75) is 46.6 Å². The van der Waals surface area contributed by atoms with Gasteiger partial charge in [-0.25, -0.2) is 4.98 Å². The standard InChI is InChI=1S/C17H23N3/c1-11(2)17-19-15-10-18-6-5-16(15)20(17)14-8-12(3)7-13(4)9-14/h7-9,11,18H,5-6,10H2,1-4H3. The molecule has 3 heteroatoms. The number of fused-ring (bicyclic) bond motifs is 1. The second-order valence-corrected chi connectivity index (χ2v) is 6.13. The van der Waals surface area contributed by atoms with E-state index in [9.17, 15) is 0 Å². The van der Waals surface area contributed by atoms with Gasteiger partial charge < -0.3 is 9.88 Å². The van der Waals surface area contributed by atoms with Crippen LogP contribution < -0.4 is 5.32 Å². The predicted octanol–water partition coefficient (Wildman–Crippen LogP) is 3.26. The topological polar surface area (TPSA) is 29.9 Å². The van der Waals surface area contributed by atoms with Crippen LogP contribution in [0.15, 0.2) is 18.2 Å². The highest BCUT2D eigenvalue weighted by Gasteiger charge is 2.22. The molecule has 0 radical (unpaired) electrons. The molecule has 0 atom stereocenters. The molecule has 3 rings (SSSR count). The molecular weight excluding hydrogens is 246 g/mol. The van der Waals surface area contributed by atoms with Crippen molar-refractivity contribution < 1.29 is 0 Å². The average molecular weight is 269 g/mol. The van der Waals surface area contributed by atoms with Crippen molar-refractivity contribution in [2.75, 3.05) is 6.54 Å². The van der Waals surface area contributed by atoms with Gasteiger partial charge in [0.15, 0.2) is 0 Å². The fraction of sp³-hybridized carbons (Fsp3) is 0.471. The Kier molecular flexibility index (Phi) is 3.38. The van der Waals surface area contributed by atoms with Gasteiger partial charge in [-0.15, -0.1) is 0 Å². The summed E-state index contributed by atoms with van der Waals surface area (Å²) in [6, 6.07) is 6.76. The van der Waals surface area contributed by atoms with E-state index in [1.54, 1.807) is 0 Å². The first-order chi connectivity index (χ1) is 9.56. The van der Waals surface area contributed by atoms with Gasteiger partial charge in [0.2, 0.25) is 0 Å². The summed E-state index contributed by atoms with van der Waals surface area (Å²) in [5, 5.41) is 3.42. The lowest BCUT2D eigenvalue weighted by Gasteiger charge is -2.18. The van der Waals surface area contributed by atoms with Gasteiger partial charge in [-0.2, -0.15) is 0 Å². The summed E-state index contributed by atoms with van der Waals surface area (Å²) in [7, 11) is 0. The summed E-state index contributed by atoms with van der Waals surface area (Å²) in [6.45, 7) is 10.7. The second kappa shape index (κ2) is 5.06. The van der Waals surface area contributed by atoms with Crippen molar-refractivity contribution >= 4 is 0 Å². The van der Waals surface area contributed by atoms with Crippen LogP contribution in [0.4, 0.5) is 0 Å². The van der Waals surface area contributed by atoms with Gasteiger partial charge in [0.05, 0.1) is 5.69 Å². The molecule has 2 aromatic rings. The predicted molar refractivity (Wildman–Crippen MR) is 82.5 cm³/mol. The van der Waals surface area contributed by atoms with Crippen molar-refractivity contribution in [3.63, 3.8) is 0 Å². The van der Waals surface area contributed by atoms with Crippen molar-refractivity contribution in [2.24, 2.45) is 0 Å². The van der Waals surface area contributed by atoms with Crippen molar-refractivity contribution in [3.8, 4) is 5.69 Å². The van der Waals surface area contributed by atoms with Crippen molar-refractivity contribution in [1.82, 2.24) is 14.9 Å². The summed E-state index contributed by atoms with van der Waals surface area (Å²) in [6.07, 6.45) is 1.06. The van der Waals surface area contributed by atoms with Crippen LogP contribution in [0.3, 0.4) is 0 Å². The molecule has 0 bridgehead atoms. The van der Waals surface area contributed by atoms with Crippen LogP contribution in [0.25, 0.3) is 5.69 Å². The summed E-state index contributed by atoms with van der Waals surface area (Å²) >= 11 is 0. The van der Waals surface area contributed by atoms with E-state index >= 15 is 0 Å². The van der Waals surface area contributed by atoms with Gasteiger partial charge in [-0.3, -0.25) is 0 Å². The molecule has 0 fully saturated rings. The Balaban J connectivity index is 2.22. The molecule has 0 saturated heterocycles. The number of imidazole rings is 1. The summed E-state index contributed by atoms with van der Waals surface area (Å²) in [5.41, 5.74) is 6.50. The average Bonchev–Trinajstić information content (AvgIpc) is 2.77. The molecule has 1 aromatic heterocycles. The minimum atomic E-state index is 0.432. The third-order valence-electron chi connectivity index (χ3n) is 3.89. The Bertz CT molecular complexity index is 618. The fourth-order valence-corrected chi connectivity index (χ4v) is 3.09. The quantitative estimate of drug-likeness (QED) is 0.907. The van der Waals surface area contributed by atoms with Crippen molar-refractivity contribution in [3.05, 3.63) is 46.5 Å². The number of hydrogen-bond acceptors (Lipinski definition) is 2. The zero-order valence-corrected chi connectivity index (χ0v) is 12.8. The molecule has 1 aromatic carbocycles. The number of nitrogens with one attached hydrogen (secondary N) is 1. The van der Waals surface area contributed by atoms with Gasteiger partial charge in [0.1, 0.15) is 5.82 Å². The Labute approximate surface area is 121 Å². The number of nitrogens with zero attached hydrogens (tertiary/aromatic N) is 2. The van der Waals surface area contributed by atoms with Gasteiger partial charge in [0, 0.05) is 36.8 Å². The van der Waals surface area contributed by atoms with Gasteiger partial charge in [-0.05, 0) is 37.1 Å². The maximum absolute atomic E-state index is 4.89. The minimum Gasteiger partial charge on any atom is -0.311 e. The first-order valence-corrected chi connectivity index (χ1v) is 7.46. The third kappa shape index (κ3) is 2.27. The van der Waals surface area contributed by atoms with E-state index in [2.05, 4.69) is 55.8 Å². The number of rotatable bonds is 2. The molecule has 1 N–H and O–H groups in total. The molecule has 1 aliphatic rings. The first-order valence-electron chi connectivity index (χ1n) is 7.46. The third-order valence-corrected chi connectivity index (χ3v) is 3.89. The van der Waals surface area contributed by atoms with Crippen LogP contribution in [0, 0.1) is 13.8 Å². The lowest BCUT2D eigenvalue weighted by Crippen LogP contribution is -2.24. The smallest absolute Gasteiger partial charge is 0.116 e. The minimum absolute atomic E-state index is 0.432. The monoisotopic (exact) mass is 269 g/mol. The first kappa shape index (κ1) is 13.4. The molecule has 0 aliphatic carbocycles. The SMILES string of the molecule is Cc1cc(C)cc(-n2c(C(C)C)nc3c2CCNC3)c1. The fourth-order valence-electron chi connectivity index (χ4n) is 3.09. The molecule has 0 saturated carbocycles. The largest absolute Gasteiger partial charge is 0.311 e. The van der Waals surface area contributed by atoms with Crippen LogP contribution in [0.2, 0.25) is 0 Å². The van der Waals surface area contributed by atoms with Crippen LogP contribution in [0.5, 0.6) is 0 Å². The van der Waals surface area contributed by atoms with E-state index in [1.807, 2.05) is 0 Å². The number of aromatic nitrogens is 2. The Hall–Kier alpha value is -1.61. The maximum Gasteiger partial charge on any atom is 0.116 e. The van der Waals surface area contributed by atoms with E-state index in [1.165, 1.54) is 34.0 Å². The van der Waals surface area contributed by atoms with E-state index in [0.29, 0.717) is 5.92 Å². The van der Waals surface area contributed by atoms with Gasteiger partial charge >= 0.3 is 0 Å². The molecule has 2 heterocycles.